The molecule has 3 nitrogen and oxygen atoms in total. The Morgan fingerprint density at radius 2 is 1.94 bits per heavy atom. The molecule has 1 aromatic carbocycles. The minimum Gasteiger partial charge on any atom is -0.382 e. The maximum absolute atomic E-state index is 12.7. The molecule has 17 heavy (non-hydrogen) atoms. The first-order valence-electron chi connectivity index (χ1n) is 6.14. The quantitative estimate of drug-likeness (QED) is 0.770. The second-order valence-corrected chi connectivity index (χ2v) is 7.56. The molecule has 92 valence electrons. The van der Waals surface area contributed by atoms with E-state index in [4.69, 9.17) is 0 Å². The van der Waals surface area contributed by atoms with Crippen molar-refractivity contribution in [3.63, 3.8) is 0 Å². The Morgan fingerprint density at radius 3 is 2.65 bits per heavy atom. The molecule has 0 aromatic heterocycles. The summed E-state index contributed by atoms with van der Waals surface area (Å²) in [4.78, 5) is 0.505. The van der Waals surface area contributed by atoms with Crippen LogP contribution in [0.2, 0.25) is 0 Å². The van der Waals surface area contributed by atoms with Crippen molar-refractivity contribution in [3.8, 4) is 0 Å². The van der Waals surface area contributed by atoms with Crippen LogP contribution < -0.4 is 5.32 Å². The number of hydrogen-bond donors (Lipinski definition) is 1. The molecule has 0 atom stereocenters. The van der Waals surface area contributed by atoms with Gasteiger partial charge in [0, 0.05) is 6.54 Å². The Bertz CT molecular complexity index is 557. The van der Waals surface area contributed by atoms with E-state index in [0.717, 1.165) is 36.9 Å². The van der Waals surface area contributed by atoms with Crippen LogP contribution in [0.3, 0.4) is 0 Å². The van der Waals surface area contributed by atoms with E-state index in [-0.39, 0.29) is 0 Å². The van der Waals surface area contributed by atoms with Gasteiger partial charge in [-0.25, -0.2) is 8.42 Å². The normalized spacial score (nSPS) is 24.3. The highest BCUT2D eigenvalue weighted by atomic mass is 32.2. The lowest BCUT2D eigenvalue weighted by Crippen LogP contribution is -2.46. The number of sulfone groups is 1. The first kappa shape index (κ1) is 11.1. The van der Waals surface area contributed by atoms with Gasteiger partial charge in [-0.2, -0.15) is 0 Å². The molecule has 1 spiro atoms. The highest BCUT2D eigenvalue weighted by Crippen LogP contribution is 2.45. The Labute approximate surface area is 102 Å². The van der Waals surface area contributed by atoms with Crippen LogP contribution in [0.15, 0.2) is 23.1 Å². The predicted molar refractivity (Wildman–Crippen MR) is 68.1 cm³/mol. The summed E-state index contributed by atoms with van der Waals surface area (Å²) in [6.07, 6.45) is 3.66. The molecule has 1 aliphatic heterocycles. The molecule has 0 unspecified atom stereocenters. The highest BCUT2D eigenvalue weighted by Gasteiger charge is 2.49. The van der Waals surface area contributed by atoms with Gasteiger partial charge in [0.05, 0.1) is 15.3 Å². The predicted octanol–water partition coefficient (Wildman–Crippen LogP) is 2.51. The van der Waals surface area contributed by atoms with Gasteiger partial charge >= 0.3 is 0 Å². The third-order valence-corrected chi connectivity index (χ3v) is 6.72. The van der Waals surface area contributed by atoms with E-state index >= 15 is 0 Å². The molecule has 0 radical (unpaired) electrons. The molecule has 1 saturated carbocycles. The Morgan fingerprint density at radius 1 is 1.24 bits per heavy atom. The SMILES string of the molecule is Cc1ccc2c(c1)S(=O)(=O)C1(CCCC1)CN2. The first-order valence-corrected chi connectivity index (χ1v) is 7.63. The van der Waals surface area contributed by atoms with Gasteiger partial charge in [0.15, 0.2) is 9.84 Å². The molecule has 1 fully saturated rings. The monoisotopic (exact) mass is 251 g/mol. The van der Waals surface area contributed by atoms with Crippen molar-refractivity contribution < 1.29 is 8.42 Å². The van der Waals surface area contributed by atoms with Gasteiger partial charge in [-0.1, -0.05) is 18.9 Å². The minimum atomic E-state index is -3.17. The molecule has 0 bridgehead atoms. The molecule has 1 heterocycles. The molecule has 2 aliphatic rings. The lowest BCUT2D eigenvalue weighted by atomic mass is 10.1. The molecule has 1 aromatic rings. The zero-order valence-electron chi connectivity index (χ0n) is 9.99. The zero-order valence-corrected chi connectivity index (χ0v) is 10.8. The smallest absolute Gasteiger partial charge is 0.187 e. The summed E-state index contributed by atoms with van der Waals surface area (Å²) in [7, 11) is -3.17. The molecule has 1 N–H and O–H groups in total. The fourth-order valence-electron chi connectivity index (χ4n) is 3.05. The van der Waals surface area contributed by atoms with E-state index in [1.807, 2.05) is 19.1 Å². The summed E-state index contributed by atoms with van der Waals surface area (Å²) < 4.78 is 24.9. The zero-order chi connectivity index (χ0) is 12.1. The van der Waals surface area contributed by atoms with Crippen molar-refractivity contribution in [2.75, 3.05) is 11.9 Å². The third kappa shape index (κ3) is 1.43. The van der Waals surface area contributed by atoms with Crippen LogP contribution in [0.25, 0.3) is 0 Å². The molecule has 0 amide bonds. The van der Waals surface area contributed by atoms with Crippen molar-refractivity contribution in [3.05, 3.63) is 23.8 Å². The van der Waals surface area contributed by atoms with Gasteiger partial charge in [-0.3, -0.25) is 0 Å². The van der Waals surface area contributed by atoms with E-state index < -0.39 is 14.6 Å². The molecule has 1 aliphatic carbocycles. The van der Waals surface area contributed by atoms with Crippen molar-refractivity contribution in [2.24, 2.45) is 0 Å². The van der Waals surface area contributed by atoms with Crippen molar-refractivity contribution in [2.45, 2.75) is 42.2 Å². The molecule has 3 rings (SSSR count). The third-order valence-electron chi connectivity index (χ3n) is 4.11. The Balaban J connectivity index is 2.20. The number of anilines is 1. The van der Waals surface area contributed by atoms with Crippen molar-refractivity contribution >= 4 is 15.5 Å². The van der Waals surface area contributed by atoms with Gasteiger partial charge in [0.25, 0.3) is 0 Å². The number of benzene rings is 1. The molecular weight excluding hydrogens is 234 g/mol. The summed E-state index contributed by atoms with van der Waals surface area (Å²) in [5.74, 6) is 0. The second-order valence-electron chi connectivity index (χ2n) is 5.25. The van der Waals surface area contributed by atoms with Crippen LogP contribution in [0.1, 0.15) is 31.2 Å². The van der Waals surface area contributed by atoms with E-state index in [0.29, 0.717) is 11.4 Å². The Kier molecular flexibility index (Phi) is 2.27. The van der Waals surface area contributed by atoms with Crippen LogP contribution in [0.5, 0.6) is 0 Å². The van der Waals surface area contributed by atoms with Crippen LogP contribution >= 0.6 is 0 Å². The van der Waals surface area contributed by atoms with Gasteiger partial charge in [0.1, 0.15) is 0 Å². The topological polar surface area (TPSA) is 46.2 Å². The summed E-state index contributed by atoms with van der Waals surface area (Å²) in [6, 6.07) is 5.63. The van der Waals surface area contributed by atoms with E-state index in [1.165, 1.54) is 0 Å². The lowest BCUT2D eigenvalue weighted by molar-refractivity contribution is 0.516. The number of nitrogens with one attached hydrogen (secondary N) is 1. The van der Waals surface area contributed by atoms with Crippen LogP contribution in [-0.2, 0) is 9.84 Å². The summed E-state index contributed by atoms with van der Waals surface area (Å²) in [5, 5.41) is 3.30. The van der Waals surface area contributed by atoms with E-state index in [2.05, 4.69) is 5.32 Å². The lowest BCUT2D eigenvalue weighted by Gasteiger charge is -2.35. The summed E-state index contributed by atoms with van der Waals surface area (Å²) in [5.41, 5.74) is 1.78. The van der Waals surface area contributed by atoms with E-state index in [9.17, 15) is 8.42 Å². The van der Waals surface area contributed by atoms with E-state index in [1.54, 1.807) is 6.07 Å². The standard InChI is InChI=1S/C13H17NO2S/c1-10-4-5-11-12(8-10)17(15,16)13(9-14-11)6-2-3-7-13/h4-5,8,14H,2-3,6-7,9H2,1H3. The van der Waals surface area contributed by atoms with Crippen LogP contribution in [-0.4, -0.2) is 19.7 Å². The fraction of sp³-hybridized carbons (Fsp3) is 0.538. The van der Waals surface area contributed by atoms with Crippen LogP contribution in [0, 0.1) is 6.92 Å². The van der Waals surface area contributed by atoms with Crippen molar-refractivity contribution in [1.82, 2.24) is 0 Å². The largest absolute Gasteiger partial charge is 0.382 e. The maximum Gasteiger partial charge on any atom is 0.187 e. The average Bonchev–Trinajstić information content (AvgIpc) is 2.76. The van der Waals surface area contributed by atoms with Crippen molar-refractivity contribution in [1.29, 1.82) is 0 Å². The minimum absolute atomic E-state index is 0.505. The molecule has 0 saturated heterocycles. The highest BCUT2D eigenvalue weighted by molar-refractivity contribution is 7.93. The fourth-order valence-corrected chi connectivity index (χ4v) is 5.37. The number of rotatable bonds is 0. The van der Waals surface area contributed by atoms with Gasteiger partial charge < -0.3 is 5.32 Å². The number of fused-ring (bicyclic) bond motifs is 1. The number of hydrogen-bond acceptors (Lipinski definition) is 3. The van der Waals surface area contributed by atoms with Gasteiger partial charge in [0.2, 0.25) is 0 Å². The summed E-state index contributed by atoms with van der Waals surface area (Å²) >= 11 is 0. The van der Waals surface area contributed by atoms with Gasteiger partial charge in [-0.05, 0) is 37.5 Å². The molecular formula is C13H17NO2S. The average molecular weight is 251 g/mol. The Hall–Kier alpha value is -1.03. The summed E-state index contributed by atoms with van der Waals surface area (Å²) in [6.45, 7) is 2.51. The maximum atomic E-state index is 12.7. The first-order chi connectivity index (χ1) is 8.05. The molecule has 4 heteroatoms. The number of aryl methyl sites for hydroxylation is 1. The second kappa shape index (κ2) is 3.48. The van der Waals surface area contributed by atoms with Crippen LogP contribution in [0.4, 0.5) is 5.69 Å². The van der Waals surface area contributed by atoms with Gasteiger partial charge in [-0.15, -0.1) is 0 Å².